The van der Waals surface area contributed by atoms with E-state index in [0.29, 0.717) is 30.5 Å². The first-order valence-corrected chi connectivity index (χ1v) is 4.13. The van der Waals surface area contributed by atoms with Crippen molar-refractivity contribution in [3.8, 4) is 0 Å². The van der Waals surface area contributed by atoms with Crippen molar-refractivity contribution >= 4 is 5.78 Å². The second-order valence-corrected chi connectivity index (χ2v) is 3.70. The van der Waals surface area contributed by atoms with Crippen molar-refractivity contribution in [2.75, 3.05) is 0 Å². The highest BCUT2D eigenvalue weighted by atomic mass is 16.3. The van der Waals surface area contributed by atoms with Crippen LogP contribution in [0, 0.1) is 16.7 Å². The number of rotatable bonds is 1. The van der Waals surface area contributed by atoms with Gasteiger partial charge in [-0.1, -0.05) is 5.18 Å². The van der Waals surface area contributed by atoms with Crippen molar-refractivity contribution in [1.82, 2.24) is 0 Å². The molecule has 2 saturated carbocycles. The first-order valence-electron chi connectivity index (χ1n) is 4.13. The van der Waals surface area contributed by atoms with Gasteiger partial charge in [0, 0.05) is 12.8 Å². The number of Topliss-reactive ketones (excluding diaryl/α,β-unsaturated/α-hetero) is 1. The molecule has 0 N–H and O–H groups in total. The SMILES string of the molecule is O=NC1CC2CC(=O)CC2C1. The molecule has 0 amide bonds. The van der Waals surface area contributed by atoms with Crippen LogP contribution in [0.2, 0.25) is 0 Å². The van der Waals surface area contributed by atoms with E-state index in [-0.39, 0.29) is 6.04 Å². The maximum absolute atomic E-state index is 10.9. The number of fused-ring (bicyclic) bond motifs is 1. The van der Waals surface area contributed by atoms with Crippen molar-refractivity contribution in [3.63, 3.8) is 0 Å². The Kier molecular flexibility index (Phi) is 1.51. The smallest absolute Gasteiger partial charge is 0.133 e. The average Bonchev–Trinajstić information content (AvgIpc) is 2.43. The van der Waals surface area contributed by atoms with Gasteiger partial charge in [0.2, 0.25) is 0 Å². The minimum absolute atomic E-state index is 0.0121. The van der Waals surface area contributed by atoms with Gasteiger partial charge in [0.05, 0.1) is 6.04 Å². The Morgan fingerprint density at radius 1 is 1.18 bits per heavy atom. The Labute approximate surface area is 65.1 Å². The van der Waals surface area contributed by atoms with Crippen molar-refractivity contribution in [2.24, 2.45) is 17.0 Å². The molecular weight excluding hydrogens is 142 g/mol. The van der Waals surface area contributed by atoms with Crippen LogP contribution in [-0.4, -0.2) is 11.8 Å². The standard InChI is InChI=1S/C8H11NO2/c10-8-3-5-1-7(9-11)2-6(5)4-8/h5-7H,1-4H2. The molecule has 0 saturated heterocycles. The van der Waals surface area contributed by atoms with Crippen LogP contribution in [0.5, 0.6) is 0 Å². The predicted octanol–water partition coefficient (Wildman–Crippen LogP) is 1.51. The number of carbonyl (C=O) groups is 1. The number of nitrogens with zero attached hydrogens (tertiary/aromatic N) is 1. The molecule has 0 heterocycles. The highest BCUT2D eigenvalue weighted by molar-refractivity contribution is 5.81. The lowest BCUT2D eigenvalue weighted by Gasteiger charge is -2.02. The molecule has 0 bridgehead atoms. The van der Waals surface area contributed by atoms with Crippen molar-refractivity contribution in [2.45, 2.75) is 31.7 Å². The first-order chi connectivity index (χ1) is 5.29. The minimum atomic E-state index is 0.0121. The van der Waals surface area contributed by atoms with Crippen molar-refractivity contribution in [3.05, 3.63) is 4.91 Å². The van der Waals surface area contributed by atoms with E-state index in [9.17, 15) is 9.70 Å². The maximum Gasteiger partial charge on any atom is 0.133 e. The highest BCUT2D eigenvalue weighted by Gasteiger charge is 2.41. The van der Waals surface area contributed by atoms with E-state index in [1.807, 2.05) is 0 Å². The molecule has 2 rings (SSSR count). The average molecular weight is 153 g/mol. The number of hydrogen-bond acceptors (Lipinski definition) is 3. The molecule has 2 fully saturated rings. The molecule has 0 aromatic carbocycles. The van der Waals surface area contributed by atoms with Crippen molar-refractivity contribution in [1.29, 1.82) is 0 Å². The number of nitroso groups, excluding NO2 is 1. The van der Waals surface area contributed by atoms with E-state index < -0.39 is 0 Å². The van der Waals surface area contributed by atoms with Gasteiger partial charge in [-0.05, 0) is 24.7 Å². The Hall–Kier alpha value is -0.730. The summed E-state index contributed by atoms with van der Waals surface area (Å²) in [5.41, 5.74) is 0. The Morgan fingerprint density at radius 3 is 2.18 bits per heavy atom. The number of carbonyl (C=O) groups excluding carboxylic acids is 1. The van der Waals surface area contributed by atoms with Gasteiger partial charge >= 0.3 is 0 Å². The van der Waals surface area contributed by atoms with Crippen LogP contribution in [0.1, 0.15) is 25.7 Å². The largest absolute Gasteiger partial charge is 0.300 e. The van der Waals surface area contributed by atoms with Gasteiger partial charge in [0.25, 0.3) is 0 Å². The molecule has 2 aliphatic carbocycles. The van der Waals surface area contributed by atoms with E-state index in [1.54, 1.807) is 0 Å². The van der Waals surface area contributed by atoms with E-state index in [4.69, 9.17) is 0 Å². The van der Waals surface area contributed by atoms with Crippen LogP contribution < -0.4 is 0 Å². The molecule has 3 heteroatoms. The third-order valence-electron chi connectivity index (χ3n) is 2.95. The summed E-state index contributed by atoms with van der Waals surface area (Å²) in [6.45, 7) is 0. The van der Waals surface area contributed by atoms with Crippen molar-refractivity contribution < 1.29 is 4.79 Å². The molecule has 0 spiro atoms. The lowest BCUT2D eigenvalue weighted by atomic mass is 10.0. The van der Waals surface area contributed by atoms with Gasteiger partial charge in [0.1, 0.15) is 5.78 Å². The topological polar surface area (TPSA) is 46.5 Å². The third-order valence-corrected chi connectivity index (χ3v) is 2.95. The lowest BCUT2D eigenvalue weighted by molar-refractivity contribution is -0.117. The number of ketones is 1. The second kappa shape index (κ2) is 2.40. The Balaban J connectivity index is 2.03. The maximum atomic E-state index is 10.9. The summed E-state index contributed by atoms with van der Waals surface area (Å²) in [5.74, 6) is 1.36. The van der Waals surface area contributed by atoms with E-state index in [1.165, 1.54) is 0 Å². The van der Waals surface area contributed by atoms with Crippen LogP contribution in [0.25, 0.3) is 0 Å². The summed E-state index contributed by atoms with van der Waals surface area (Å²) in [4.78, 5) is 21.1. The van der Waals surface area contributed by atoms with Crippen LogP contribution in [0.3, 0.4) is 0 Å². The molecular formula is C8H11NO2. The van der Waals surface area contributed by atoms with Crippen LogP contribution in [0.4, 0.5) is 0 Å². The fraction of sp³-hybridized carbons (Fsp3) is 0.875. The summed E-state index contributed by atoms with van der Waals surface area (Å²) >= 11 is 0. The van der Waals surface area contributed by atoms with Gasteiger partial charge in [-0.2, -0.15) is 4.91 Å². The van der Waals surface area contributed by atoms with Gasteiger partial charge in [0.15, 0.2) is 0 Å². The van der Waals surface area contributed by atoms with Gasteiger partial charge in [-0.3, -0.25) is 4.79 Å². The highest BCUT2D eigenvalue weighted by Crippen LogP contribution is 2.43. The first kappa shape index (κ1) is 6.95. The number of hydrogen-bond donors (Lipinski definition) is 0. The molecule has 2 atom stereocenters. The zero-order valence-corrected chi connectivity index (χ0v) is 6.32. The summed E-state index contributed by atoms with van der Waals surface area (Å²) in [6, 6.07) is 0.0121. The Morgan fingerprint density at radius 2 is 1.73 bits per heavy atom. The zero-order chi connectivity index (χ0) is 7.84. The fourth-order valence-electron chi connectivity index (χ4n) is 2.43. The third kappa shape index (κ3) is 1.08. The summed E-state index contributed by atoms with van der Waals surface area (Å²) < 4.78 is 0. The van der Waals surface area contributed by atoms with Crippen LogP contribution in [0.15, 0.2) is 5.18 Å². The molecule has 60 valence electrons. The molecule has 0 aliphatic heterocycles. The summed E-state index contributed by atoms with van der Waals surface area (Å²) in [6.07, 6.45) is 3.13. The van der Waals surface area contributed by atoms with E-state index in [0.717, 1.165) is 12.8 Å². The molecule has 0 aromatic heterocycles. The van der Waals surface area contributed by atoms with Gasteiger partial charge in [-0.15, -0.1) is 0 Å². The monoisotopic (exact) mass is 153 g/mol. The van der Waals surface area contributed by atoms with Crippen LogP contribution in [-0.2, 0) is 4.79 Å². The van der Waals surface area contributed by atoms with Gasteiger partial charge in [-0.25, -0.2) is 0 Å². The van der Waals surface area contributed by atoms with E-state index in [2.05, 4.69) is 5.18 Å². The van der Waals surface area contributed by atoms with E-state index >= 15 is 0 Å². The molecule has 2 unspecified atom stereocenters. The normalized spacial score (nSPS) is 42.5. The second-order valence-electron chi connectivity index (χ2n) is 3.70. The molecule has 11 heavy (non-hydrogen) atoms. The molecule has 3 nitrogen and oxygen atoms in total. The quantitative estimate of drug-likeness (QED) is 0.536. The summed E-state index contributed by atoms with van der Waals surface area (Å²) in [7, 11) is 0. The van der Waals surface area contributed by atoms with Gasteiger partial charge < -0.3 is 0 Å². The Bertz CT molecular complexity index is 186. The zero-order valence-electron chi connectivity index (χ0n) is 6.32. The predicted molar refractivity (Wildman–Crippen MR) is 40.0 cm³/mol. The fourth-order valence-corrected chi connectivity index (χ4v) is 2.43. The van der Waals surface area contributed by atoms with Crippen LogP contribution >= 0.6 is 0 Å². The molecule has 0 aromatic rings. The molecule has 0 radical (unpaired) electrons. The lowest BCUT2D eigenvalue weighted by Crippen LogP contribution is -2.00. The molecule has 2 aliphatic rings. The summed E-state index contributed by atoms with van der Waals surface area (Å²) in [5, 5.41) is 3.03. The minimum Gasteiger partial charge on any atom is -0.300 e.